The first-order valence-electron chi connectivity index (χ1n) is 8.94. The Balaban J connectivity index is 1.52. The van der Waals surface area contributed by atoms with Crippen LogP contribution in [-0.2, 0) is 11.2 Å². The second-order valence-electron chi connectivity index (χ2n) is 6.33. The molecule has 0 saturated carbocycles. The number of carbonyl (C=O) groups excluding carboxylic acids is 2. The molecule has 0 atom stereocenters. The lowest BCUT2D eigenvalue weighted by atomic mass is 10.1. The van der Waals surface area contributed by atoms with Crippen molar-refractivity contribution >= 4 is 11.8 Å². The molecule has 1 aliphatic heterocycles. The lowest BCUT2D eigenvalue weighted by molar-refractivity contribution is -0.132. The van der Waals surface area contributed by atoms with Crippen LogP contribution < -0.4 is 9.47 Å². The van der Waals surface area contributed by atoms with Crippen molar-refractivity contribution in [2.75, 3.05) is 40.4 Å². The van der Waals surface area contributed by atoms with Crippen molar-refractivity contribution in [2.45, 2.75) is 12.8 Å². The molecule has 1 aromatic carbocycles. The zero-order valence-electron chi connectivity index (χ0n) is 15.6. The third-order valence-electron chi connectivity index (χ3n) is 4.75. The molecule has 2 aromatic rings. The van der Waals surface area contributed by atoms with Gasteiger partial charge in [0.15, 0.2) is 5.76 Å². The van der Waals surface area contributed by atoms with Crippen molar-refractivity contribution in [3.05, 3.63) is 47.9 Å². The minimum atomic E-state index is -0.131. The zero-order valence-corrected chi connectivity index (χ0v) is 15.6. The van der Waals surface area contributed by atoms with Gasteiger partial charge in [-0.15, -0.1) is 0 Å². The highest BCUT2D eigenvalue weighted by atomic mass is 16.5. The predicted octanol–water partition coefficient (Wildman–Crippen LogP) is 2.21. The normalized spacial score (nSPS) is 14.1. The number of ether oxygens (including phenoxy) is 2. The van der Waals surface area contributed by atoms with Gasteiger partial charge < -0.3 is 23.7 Å². The van der Waals surface area contributed by atoms with E-state index in [1.807, 2.05) is 18.2 Å². The molecule has 0 unspecified atom stereocenters. The maximum absolute atomic E-state index is 12.6. The highest BCUT2D eigenvalue weighted by Crippen LogP contribution is 2.25. The van der Waals surface area contributed by atoms with Gasteiger partial charge in [-0.05, 0) is 42.3 Å². The number of piperazine rings is 1. The van der Waals surface area contributed by atoms with E-state index in [0.717, 1.165) is 17.1 Å². The van der Waals surface area contributed by atoms with Gasteiger partial charge in [-0.1, -0.05) is 0 Å². The van der Waals surface area contributed by atoms with E-state index in [2.05, 4.69) is 0 Å². The first-order valence-corrected chi connectivity index (χ1v) is 8.94. The van der Waals surface area contributed by atoms with Crippen molar-refractivity contribution in [3.8, 4) is 11.5 Å². The summed E-state index contributed by atoms with van der Waals surface area (Å²) >= 11 is 0. The van der Waals surface area contributed by atoms with Gasteiger partial charge in [-0.3, -0.25) is 9.59 Å². The molecule has 1 saturated heterocycles. The number of nitrogens with zero attached hydrogens (tertiary/aromatic N) is 2. The van der Waals surface area contributed by atoms with E-state index in [-0.39, 0.29) is 11.8 Å². The second kappa shape index (κ2) is 8.62. The monoisotopic (exact) mass is 372 g/mol. The van der Waals surface area contributed by atoms with Crippen LogP contribution in [0.3, 0.4) is 0 Å². The van der Waals surface area contributed by atoms with Crippen molar-refractivity contribution in [1.82, 2.24) is 9.80 Å². The summed E-state index contributed by atoms with van der Waals surface area (Å²) in [4.78, 5) is 28.4. The molecular formula is C20H24N2O5. The molecule has 7 heteroatoms. The molecule has 1 aliphatic rings. The standard InChI is InChI=1S/C20H24N2O5/c1-25-16-6-7-17(26-2)15(14-16)5-8-19(23)21-9-11-22(12-10-21)20(24)18-4-3-13-27-18/h3-4,6-7,13-14H,5,8-12H2,1-2H3. The van der Waals surface area contributed by atoms with Crippen LogP contribution in [0.1, 0.15) is 22.5 Å². The van der Waals surface area contributed by atoms with Crippen molar-refractivity contribution in [1.29, 1.82) is 0 Å². The second-order valence-corrected chi connectivity index (χ2v) is 6.33. The fourth-order valence-corrected chi connectivity index (χ4v) is 3.19. The molecule has 1 aromatic heterocycles. The number of benzene rings is 1. The molecule has 144 valence electrons. The number of methoxy groups -OCH3 is 2. The Bertz CT molecular complexity index is 780. The third kappa shape index (κ3) is 4.42. The van der Waals surface area contributed by atoms with E-state index in [1.165, 1.54) is 6.26 Å². The fourth-order valence-electron chi connectivity index (χ4n) is 3.19. The molecular weight excluding hydrogens is 348 g/mol. The van der Waals surface area contributed by atoms with Gasteiger partial charge in [-0.25, -0.2) is 0 Å². The van der Waals surface area contributed by atoms with Gasteiger partial charge in [0.05, 0.1) is 20.5 Å². The van der Waals surface area contributed by atoms with Gasteiger partial charge in [-0.2, -0.15) is 0 Å². The molecule has 0 bridgehead atoms. The third-order valence-corrected chi connectivity index (χ3v) is 4.75. The SMILES string of the molecule is COc1ccc(OC)c(CCC(=O)N2CCN(C(=O)c3ccco3)CC2)c1. The van der Waals surface area contributed by atoms with Crippen LogP contribution >= 0.6 is 0 Å². The molecule has 27 heavy (non-hydrogen) atoms. The van der Waals surface area contributed by atoms with Crippen LogP contribution in [0.4, 0.5) is 0 Å². The molecule has 0 N–H and O–H groups in total. The lowest BCUT2D eigenvalue weighted by Crippen LogP contribution is -2.50. The molecule has 2 heterocycles. The molecule has 0 aliphatic carbocycles. The van der Waals surface area contributed by atoms with E-state index < -0.39 is 0 Å². The number of hydrogen-bond donors (Lipinski definition) is 0. The fraction of sp³-hybridized carbons (Fsp3) is 0.400. The lowest BCUT2D eigenvalue weighted by Gasteiger charge is -2.34. The first kappa shape index (κ1) is 18.8. The van der Waals surface area contributed by atoms with E-state index in [4.69, 9.17) is 13.9 Å². The summed E-state index contributed by atoms with van der Waals surface area (Å²) < 4.78 is 15.8. The number of rotatable bonds is 6. The Labute approximate surface area is 158 Å². The molecule has 1 fully saturated rings. The van der Waals surface area contributed by atoms with Crippen molar-refractivity contribution < 1.29 is 23.5 Å². The molecule has 7 nitrogen and oxygen atoms in total. The summed E-state index contributed by atoms with van der Waals surface area (Å²) in [5, 5.41) is 0. The average molecular weight is 372 g/mol. The Morgan fingerprint density at radius 1 is 1.04 bits per heavy atom. The topological polar surface area (TPSA) is 72.2 Å². The molecule has 0 radical (unpaired) electrons. The summed E-state index contributed by atoms with van der Waals surface area (Å²) in [6.07, 6.45) is 2.44. The summed E-state index contributed by atoms with van der Waals surface area (Å²) in [6.45, 7) is 2.07. The minimum absolute atomic E-state index is 0.0740. The van der Waals surface area contributed by atoms with Gasteiger partial charge in [0.1, 0.15) is 11.5 Å². The summed E-state index contributed by atoms with van der Waals surface area (Å²) in [6, 6.07) is 8.92. The van der Waals surface area contributed by atoms with Crippen molar-refractivity contribution in [3.63, 3.8) is 0 Å². The highest BCUT2D eigenvalue weighted by Gasteiger charge is 2.26. The predicted molar refractivity (Wildman–Crippen MR) is 99.1 cm³/mol. The molecule has 2 amide bonds. The maximum Gasteiger partial charge on any atom is 0.289 e. The van der Waals surface area contributed by atoms with Crippen LogP contribution in [0.5, 0.6) is 11.5 Å². The number of amides is 2. The Morgan fingerprint density at radius 3 is 2.41 bits per heavy atom. The number of furan rings is 1. The highest BCUT2D eigenvalue weighted by molar-refractivity contribution is 5.91. The van der Waals surface area contributed by atoms with E-state index >= 15 is 0 Å². The average Bonchev–Trinajstić information content (AvgIpc) is 3.26. The van der Waals surface area contributed by atoms with E-state index in [0.29, 0.717) is 44.8 Å². The largest absolute Gasteiger partial charge is 0.497 e. The number of aryl methyl sites for hydroxylation is 1. The van der Waals surface area contributed by atoms with Crippen LogP contribution in [0.25, 0.3) is 0 Å². The Morgan fingerprint density at radius 2 is 1.78 bits per heavy atom. The Kier molecular flexibility index (Phi) is 6.01. The smallest absolute Gasteiger partial charge is 0.289 e. The van der Waals surface area contributed by atoms with Crippen molar-refractivity contribution in [2.24, 2.45) is 0 Å². The van der Waals surface area contributed by atoms with Crippen LogP contribution in [0, 0.1) is 0 Å². The van der Waals surface area contributed by atoms with Gasteiger partial charge in [0.2, 0.25) is 5.91 Å². The van der Waals surface area contributed by atoms with Crippen LogP contribution in [0.2, 0.25) is 0 Å². The summed E-state index contributed by atoms with van der Waals surface area (Å²) in [5.41, 5.74) is 0.942. The first-order chi connectivity index (χ1) is 13.1. The molecule has 3 rings (SSSR count). The molecule has 0 spiro atoms. The number of hydrogen-bond acceptors (Lipinski definition) is 5. The summed E-state index contributed by atoms with van der Waals surface area (Å²) in [7, 11) is 3.22. The quantitative estimate of drug-likeness (QED) is 0.777. The number of carbonyl (C=O) groups is 2. The van der Waals surface area contributed by atoms with Gasteiger partial charge in [0, 0.05) is 32.6 Å². The summed E-state index contributed by atoms with van der Waals surface area (Å²) in [5.74, 6) is 1.76. The van der Waals surface area contributed by atoms with Gasteiger partial charge >= 0.3 is 0 Å². The van der Waals surface area contributed by atoms with Gasteiger partial charge in [0.25, 0.3) is 5.91 Å². The minimum Gasteiger partial charge on any atom is -0.497 e. The van der Waals surface area contributed by atoms with E-state index in [1.54, 1.807) is 36.2 Å². The maximum atomic E-state index is 12.6. The van der Waals surface area contributed by atoms with Crippen LogP contribution in [0.15, 0.2) is 41.0 Å². The zero-order chi connectivity index (χ0) is 19.2. The van der Waals surface area contributed by atoms with Crippen LogP contribution in [-0.4, -0.2) is 62.0 Å². The van der Waals surface area contributed by atoms with E-state index in [9.17, 15) is 9.59 Å². The Hall–Kier alpha value is -2.96.